The van der Waals surface area contributed by atoms with E-state index in [4.69, 9.17) is 5.26 Å². The standard InChI is InChI=1S/C17H16N2/c1-13(2)15-6-3-14(4-7-15)5-8-16-9-10-19-12-17(16)11-18/h3-10,12-13H,1-2H3. The lowest BCUT2D eigenvalue weighted by molar-refractivity contribution is 0.866. The van der Waals surface area contributed by atoms with Gasteiger partial charge in [0.25, 0.3) is 0 Å². The van der Waals surface area contributed by atoms with Crippen LogP contribution in [0.3, 0.4) is 0 Å². The van der Waals surface area contributed by atoms with Crippen LogP contribution in [-0.2, 0) is 0 Å². The van der Waals surface area contributed by atoms with Crippen LogP contribution in [0.15, 0.2) is 42.7 Å². The van der Waals surface area contributed by atoms with Gasteiger partial charge in [-0.3, -0.25) is 4.98 Å². The second kappa shape index (κ2) is 5.97. The Morgan fingerprint density at radius 2 is 1.84 bits per heavy atom. The molecule has 0 aliphatic heterocycles. The summed E-state index contributed by atoms with van der Waals surface area (Å²) >= 11 is 0. The number of nitriles is 1. The molecule has 0 aliphatic rings. The molecular formula is C17H16N2. The molecule has 0 saturated carbocycles. The minimum atomic E-state index is 0.545. The van der Waals surface area contributed by atoms with E-state index < -0.39 is 0 Å². The minimum Gasteiger partial charge on any atom is -0.263 e. The van der Waals surface area contributed by atoms with Gasteiger partial charge in [-0.1, -0.05) is 50.3 Å². The molecule has 1 heterocycles. The lowest BCUT2D eigenvalue weighted by Crippen LogP contribution is -1.86. The van der Waals surface area contributed by atoms with Crippen molar-refractivity contribution in [2.45, 2.75) is 19.8 Å². The molecule has 94 valence electrons. The van der Waals surface area contributed by atoms with Crippen molar-refractivity contribution in [3.8, 4) is 6.07 Å². The Hall–Kier alpha value is -2.40. The van der Waals surface area contributed by atoms with Gasteiger partial charge >= 0.3 is 0 Å². The first kappa shape index (κ1) is 13.0. The molecule has 0 fully saturated rings. The van der Waals surface area contributed by atoms with Crippen LogP contribution in [0.1, 0.15) is 42.0 Å². The molecule has 2 rings (SSSR count). The fraction of sp³-hybridized carbons (Fsp3) is 0.176. The van der Waals surface area contributed by atoms with Gasteiger partial charge in [0.15, 0.2) is 0 Å². The van der Waals surface area contributed by atoms with E-state index in [2.05, 4.69) is 49.2 Å². The van der Waals surface area contributed by atoms with Crippen molar-refractivity contribution in [1.82, 2.24) is 4.98 Å². The average Bonchev–Trinajstić information content (AvgIpc) is 2.45. The predicted octanol–water partition coefficient (Wildman–Crippen LogP) is 4.25. The van der Waals surface area contributed by atoms with Gasteiger partial charge in [-0.2, -0.15) is 5.26 Å². The highest BCUT2D eigenvalue weighted by Crippen LogP contribution is 2.16. The molecule has 2 aromatic rings. The van der Waals surface area contributed by atoms with Crippen LogP contribution in [-0.4, -0.2) is 4.98 Å². The predicted molar refractivity (Wildman–Crippen MR) is 78.4 cm³/mol. The van der Waals surface area contributed by atoms with Crippen molar-refractivity contribution in [2.24, 2.45) is 0 Å². The van der Waals surface area contributed by atoms with Crippen LogP contribution in [0.4, 0.5) is 0 Å². The molecular weight excluding hydrogens is 232 g/mol. The number of nitrogens with zero attached hydrogens (tertiary/aromatic N) is 2. The summed E-state index contributed by atoms with van der Waals surface area (Å²) in [6, 6.07) is 12.5. The maximum absolute atomic E-state index is 8.99. The van der Waals surface area contributed by atoms with E-state index in [9.17, 15) is 0 Å². The van der Waals surface area contributed by atoms with Crippen molar-refractivity contribution >= 4 is 12.2 Å². The molecule has 0 unspecified atom stereocenters. The third kappa shape index (κ3) is 3.29. The highest BCUT2D eigenvalue weighted by Gasteiger charge is 1.98. The van der Waals surface area contributed by atoms with E-state index in [0.29, 0.717) is 11.5 Å². The van der Waals surface area contributed by atoms with E-state index in [0.717, 1.165) is 11.1 Å². The zero-order valence-corrected chi connectivity index (χ0v) is 11.2. The molecule has 0 N–H and O–H groups in total. The first-order chi connectivity index (χ1) is 9.20. The van der Waals surface area contributed by atoms with Gasteiger partial charge in [0.05, 0.1) is 5.56 Å². The highest BCUT2D eigenvalue weighted by atomic mass is 14.6. The molecule has 2 heteroatoms. The molecule has 1 aromatic carbocycles. The summed E-state index contributed by atoms with van der Waals surface area (Å²) in [7, 11) is 0. The second-order valence-corrected chi connectivity index (χ2v) is 4.73. The highest BCUT2D eigenvalue weighted by molar-refractivity contribution is 5.72. The van der Waals surface area contributed by atoms with Crippen molar-refractivity contribution < 1.29 is 0 Å². The maximum atomic E-state index is 8.99. The second-order valence-electron chi connectivity index (χ2n) is 4.73. The van der Waals surface area contributed by atoms with Crippen LogP contribution in [0.2, 0.25) is 0 Å². The fourth-order valence-corrected chi connectivity index (χ4v) is 1.82. The van der Waals surface area contributed by atoms with Gasteiger partial charge in [-0.25, -0.2) is 0 Å². The van der Waals surface area contributed by atoms with Gasteiger partial charge in [-0.05, 0) is 28.7 Å². The number of pyridine rings is 1. The van der Waals surface area contributed by atoms with Crippen LogP contribution in [0.25, 0.3) is 12.2 Å². The summed E-state index contributed by atoms with van der Waals surface area (Å²) in [5.41, 5.74) is 3.95. The van der Waals surface area contributed by atoms with Crippen molar-refractivity contribution in [3.05, 3.63) is 65.0 Å². The SMILES string of the molecule is CC(C)c1ccc(C=Cc2ccncc2C#N)cc1. The Balaban J connectivity index is 2.21. The third-order valence-electron chi connectivity index (χ3n) is 3.03. The van der Waals surface area contributed by atoms with Crippen LogP contribution < -0.4 is 0 Å². The van der Waals surface area contributed by atoms with Crippen molar-refractivity contribution in [3.63, 3.8) is 0 Å². The monoisotopic (exact) mass is 248 g/mol. The molecule has 0 atom stereocenters. The Morgan fingerprint density at radius 3 is 2.47 bits per heavy atom. The van der Waals surface area contributed by atoms with E-state index in [1.807, 2.05) is 18.2 Å². The zero-order valence-electron chi connectivity index (χ0n) is 11.2. The zero-order chi connectivity index (χ0) is 13.7. The topological polar surface area (TPSA) is 36.7 Å². The summed E-state index contributed by atoms with van der Waals surface area (Å²) in [6.07, 6.45) is 7.24. The molecule has 2 nitrogen and oxygen atoms in total. The Labute approximate surface area is 114 Å². The molecule has 0 aliphatic carbocycles. The number of hydrogen-bond acceptors (Lipinski definition) is 2. The molecule has 0 spiro atoms. The van der Waals surface area contributed by atoms with E-state index >= 15 is 0 Å². The summed E-state index contributed by atoms with van der Waals surface area (Å²) in [5, 5.41) is 8.99. The smallest absolute Gasteiger partial charge is 0.101 e. The minimum absolute atomic E-state index is 0.545. The molecule has 0 bridgehead atoms. The lowest BCUT2D eigenvalue weighted by atomic mass is 10.0. The van der Waals surface area contributed by atoms with Gasteiger partial charge in [0.2, 0.25) is 0 Å². The van der Waals surface area contributed by atoms with Gasteiger partial charge in [0.1, 0.15) is 6.07 Å². The summed E-state index contributed by atoms with van der Waals surface area (Å²) in [5.74, 6) is 0.545. The largest absolute Gasteiger partial charge is 0.263 e. The Bertz CT molecular complexity index is 616. The third-order valence-corrected chi connectivity index (χ3v) is 3.03. The normalized spacial score (nSPS) is 10.8. The quantitative estimate of drug-likeness (QED) is 0.814. The first-order valence-corrected chi connectivity index (χ1v) is 6.33. The lowest BCUT2D eigenvalue weighted by Gasteiger charge is -2.04. The summed E-state index contributed by atoms with van der Waals surface area (Å²) in [6.45, 7) is 4.36. The molecule has 19 heavy (non-hydrogen) atoms. The Kier molecular flexibility index (Phi) is 4.10. The maximum Gasteiger partial charge on any atom is 0.101 e. The van der Waals surface area contributed by atoms with Crippen molar-refractivity contribution in [1.29, 1.82) is 5.26 Å². The first-order valence-electron chi connectivity index (χ1n) is 6.33. The Morgan fingerprint density at radius 1 is 1.11 bits per heavy atom. The number of aromatic nitrogens is 1. The molecule has 0 radical (unpaired) electrons. The van der Waals surface area contributed by atoms with E-state index in [-0.39, 0.29) is 0 Å². The summed E-state index contributed by atoms with van der Waals surface area (Å²) in [4.78, 5) is 3.95. The number of rotatable bonds is 3. The molecule has 0 amide bonds. The van der Waals surface area contributed by atoms with Crippen LogP contribution >= 0.6 is 0 Å². The van der Waals surface area contributed by atoms with E-state index in [1.165, 1.54) is 5.56 Å². The van der Waals surface area contributed by atoms with E-state index in [1.54, 1.807) is 12.4 Å². The number of benzene rings is 1. The van der Waals surface area contributed by atoms with Gasteiger partial charge in [0, 0.05) is 12.4 Å². The van der Waals surface area contributed by atoms with Crippen molar-refractivity contribution in [2.75, 3.05) is 0 Å². The fourth-order valence-electron chi connectivity index (χ4n) is 1.82. The van der Waals surface area contributed by atoms with Gasteiger partial charge < -0.3 is 0 Å². The molecule has 1 aromatic heterocycles. The summed E-state index contributed by atoms with van der Waals surface area (Å²) < 4.78 is 0. The van der Waals surface area contributed by atoms with Crippen LogP contribution in [0.5, 0.6) is 0 Å². The van der Waals surface area contributed by atoms with Gasteiger partial charge in [-0.15, -0.1) is 0 Å². The number of hydrogen-bond donors (Lipinski definition) is 0. The molecule has 0 saturated heterocycles. The van der Waals surface area contributed by atoms with Crippen LogP contribution in [0, 0.1) is 11.3 Å². The average molecular weight is 248 g/mol.